The zero-order chi connectivity index (χ0) is 37.4. The molecule has 14 heteroatoms. The number of ketones is 1. The van der Waals surface area contributed by atoms with Crippen molar-refractivity contribution in [2.24, 2.45) is 23.2 Å². The second-order valence-corrected chi connectivity index (χ2v) is 14.7. The number of methoxy groups -OCH3 is 1. The third-order valence-electron chi connectivity index (χ3n) is 9.62. The largest absolute Gasteiger partial charge is 0.389 e. The Balaban J connectivity index is 1.94. The lowest BCUT2D eigenvalue weighted by atomic mass is 9.87. The molecule has 0 spiro atoms. The molecule has 11 nitrogen and oxygen atoms in total. The van der Waals surface area contributed by atoms with Crippen LogP contribution in [0, 0.1) is 23.2 Å². The first kappa shape index (κ1) is 40.5. The number of halogens is 3. The molecule has 2 aliphatic rings. The first-order valence-electron chi connectivity index (χ1n) is 17.1. The summed E-state index contributed by atoms with van der Waals surface area (Å²) in [7, 11) is 1.53. The summed E-state index contributed by atoms with van der Waals surface area (Å²) < 4.78 is 45.1. The van der Waals surface area contributed by atoms with E-state index in [-0.39, 0.29) is 36.9 Å². The highest BCUT2D eigenvalue weighted by Crippen LogP contribution is 2.35. The van der Waals surface area contributed by atoms with Gasteiger partial charge in [-0.1, -0.05) is 65.0 Å². The van der Waals surface area contributed by atoms with Gasteiger partial charge in [-0.25, -0.2) is 4.79 Å². The molecule has 4 unspecified atom stereocenters. The second kappa shape index (κ2) is 17.3. The molecule has 1 heterocycles. The van der Waals surface area contributed by atoms with Crippen molar-refractivity contribution >= 4 is 29.5 Å². The highest BCUT2D eigenvalue weighted by molar-refractivity contribution is 6.38. The topological polar surface area (TPSA) is 146 Å². The van der Waals surface area contributed by atoms with Crippen LogP contribution < -0.4 is 21.3 Å². The number of amides is 5. The van der Waals surface area contributed by atoms with Gasteiger partial charge in [0.2, 0.25) is 17.6 Å². The van der Waals surface area contributed by atoms with Crippen LogP contribution in [0.25, 0.3) is 0 Å². The number of nitrogens with one attached hydrogen (secondary N) is 4. The molecule has 5 atom stereocenters. The van der Waals surface area contributed by atoms with Crippen molar-refractivity contribution in [1.29, 1.82) is 0 Å². The van der Waals surface area contributed by atoms with Gasteiger partial charge >= 0.3 is 12.2 Å². The van der Waals surface area contributed by atoms with Gasteiger partial charge in [0.15, 0.2) is 0 Å². The zero-order valence-electron chi connectivity index (χ0n) is 29.8. The molecule has 0 aromatic heterocycles. The third-order valence-corrected chi connectivity index (χ3v) is 9.62. The molecule has 1 aliphatic heterocycles. The molecule has 1 aromatic carbocycles. The summed E-state index contributed by atoms with van der Waals surface area (Å²) >= 11 is 0. The van der Waals surface area contributed by atoms with E-state index in [4.69, 9.17) is 4.74 Å². The van der Waals surface area contributed by atoms with Crippen LogP contribution in [-0.4, -0.2) is 91.6 Å². The minimum absolute atomic E-state index is 0.0974. The summed E-state index contributed by atoms with van der Waals surface area (Å²) in [6.45, 7) is 13.3. The number of benzene rings is 1. The highest BCUT2D eigenvalue weighted by atomic mass is 19.4. The predicted molar refractivity (Wildman–Crippen MR) is 182 cm³/mol. The number of likely N-dealkylation sites (tertiary alicyclic amines) is 1. The van der Waals surface area contributed by atoms with Crippen LogP contribution in [0.2, 0.25) is 0 Å². The fourth-order valence-corrected chi connectivity index (χ4v) is 6.75. The molecule has 4 N–H and O–H groups in total. The van der Waals surface area contributed by atoms with Crippen molar-refractivity contribution in [3.8, 4) is 0 Å². The fraction of sp³-hybridized carbons (Fsp3) is 0.639. The van der Waals surface area contributed by atoms with E-state index in [1.165, 1.54) is 18.1 Å². The lowest BCUT2D eigenvalue weighted by Crippen LogP contribution is -2.61. The minimum atomic E-state index is -4.65. The second-order valence-electron chi connectivity index (χ2n) is 14.7. The summed E-state index contributed by atoms with van der Waals surface area (Å²) in [5, 5.41) is 10.5. The van der Waals surface area contributed by atoms with E-state index in [1.807, 2.05) is 58.9 Å². The van der Waals surface area contributed by atoms with E-state index in [1.54, 1.807) is 0 Å². The van der Waals surface area contributed by atoms with Gasteiger partial charge in [-0.05, 0) is 60.0 Å². The number of rotatable bonds is 15. The average molecular weight is 708 g/mol. The molecule has 1 fully saturated rings. The summed E-state index contributed by atoms with van der Waals surface area (Å²) in [6.07, 6.45) is -4.21. The van der Waals surface area contributed by atoms with E-state index in [0.29, 0.717) is 19.3 Å². The maximum Gasteiger partial charge on any atom is 0.389 e. The van der Waals surface area contributed by atoms with Crippen LogP contribution >= 0.6 is 0 Å². The van der Waals surface area contributed by atoms with Crippen molar-refractivity contribution < 1.29 is 41.9 Å². The monoisotopic (exact) mass is 707 g/mol. The Morgan fingerprint density at radius 1 is 1.02 bits per heavy atom. The van der Waals surface area contributed by atoms with Crippen LogP contribution in [0.15, 0.2) is 36.9 Å². The number of hydrogen-bond donors (Lipinski definition) is 4. The number of hydrogen-bond acceptors (Lipinski definition) is 6. The van der Waals surface area contributed by atoms with E-state index in [0.717, 1.165) is 11.1 Å². The van der Waals surface area contributed by atoms with Crippen LogP contribution in [-0.2, 0) is 36.8 Å². The Labute approximate surface area is 292 Å². The van der Waals surface area contributed by atoms with Crippen molar-refractivity contribution in [2.45, 2.75) is 97.1 Å². The SMILES string of the molecule is C=CCNC(=O)C(=O)C(CCC(F)(F)F)NC(=O)C1[C@@H](C(C)C)CCN1C(=O)C(NC(=O)NC(COC)C(C)(C)C)C1Cc2ccccc2C1. The number of carbonyl (C=O) groups is 5. The van der Waals surface area contributed by atoms with Gasteiger partial charge in [0, 0.05) is 26.6 Å². The molecule has 0 bridgehead atoms. The Morgan fingerprint density at radius 2 is 1.64 bits per heavy atom. The van der Waals surface area contributed by atoms with E-state index < -0.39 is 78.6 Å². The number of ether oxygens (including phenoxy) is 1. The predicted octanol–water partition coefficient (Wildman–Crippen LogP) is 3.70. The first-order chi connectivity index (χ1) is 23.4. The molecule has 5 amide bonds. The van der Waals surface area contributed by atoms with Crippen LogP contribution in [0.5, 0.6) is 0 Å². The average Bonchev–Trinajstić information content (AvgIpc) is 3.68. The number of carbonyl (C=O) groups excluding carboxylic acids is 5. The normalized spacial score (nSPS) is 19.7. The Hall–Kier alpha value is -3.94. The van der Waals surface area contributed by atoms with Crippen LogP contribution in [0.4, 0.5) is 18.0 Å². The van der Waals surface area contributed by atoms with E-state index in [9.17, 15) is 37.1 Å². The van der Waals surface area contributed by atoms with E-state index in [2.05, 4.69) is 27.8 Å². The van der Waals surface area contributed by atoms with Crippen molar-refractivity contribution in [2.75, 3.05) is 26.8 Å². The lowest BCUT2D eigenvalue weighted by molar-refractivity contribution is -0.147. The maximum atomic E-state index is 14.6. The van der Waals surface area contributed by atoms with E-state index >= 15 is 0 Å². The Kier molecular flexibility index (Phi) is 14.0. The number of fused-ring (bicyclic) bond motifs is 1. The highest BCUT2D eigenvalue weighted by Gasteiger charge is 2.48. The summed E-state index contributed by atoms with van der Waals surface area (Å²) in [4.78, 5) is 69.0. The molecule has 50 heavy (non-hydrogen) atoms. The molecule has 278 valence electrons. The molecule has 1 aromatic rings. The van der Waals surface area contributed by atoms with Gasteiger partial charge in [0.05, 0.1) is 18.7 Å². The van der Waals surface area contributed by atoms with Crippen molar-refractivity contribution in [3.63, 3.8) is 0 Å². The molecule has 0 radical (unpaired) electrons. The smallest absolute Gasteiger partial charge is 0.383 e. The Morgan fingerprint density at radius 3 is 2.16 bits per heavy atom. The molecule has 0 saturated carbocycles. The van der Waals surface area contributed by atoms with Gasteiger partial charge in [-0.15, -0.1) is 6.58 Å². The van der Waals surface area contributed by atoms with Gasteiger partial charge in [0.25, 0.3) is 5.91 Å². The number of Topliss-reactive ketones (excluding diaryl/α,β-unsaturated/α-hetero) is 1. The molecule has 1 aliphatic carbocycles. The fourth-order valence-electron chi connectivity index (χ4n) is 6.75. The standard InChI is InChI=1S/C36H52F3N5O6/c1-8-16-40-32(47)30(45)26(13-15-36(37,38)39)41-31(46)29-25(21(2)3)14-17-44(29)33(48)28(24-18-22-11-9-10-12-23(22)19-24)43-34(49)42-27(20-50-7)35(4,5)6/h8-12,21,24-29H,1,13-20H2,2-7H3,(H,40,47)(H,41,46)(H2,42,43,49)/t25-,26?,27?,28?,29?/m1/s1. The van der Waals surface area contributed by atoms with Crippen LogP contribution in [0.1, 0.15) is 65.0 Å². The Bertz CT molecular complexity index is 1370. The van der Waals surface area contributed by atoms with Crippen molar-refractivity contribution in [1.82, 2.24) is 26.2 Å². The quantitative estimate of drug-likeness (QED) is 0.162. The van der Waals surface area contributed by atoms with Gasteiger partial charge in [0.1, 0.15) is 12.1 Å². The molecule has 3 rings (SSSR count). The van der Waals surface area contributed by atoms with Gasteiger partial charge in [-0.2, -0.15) is 13.2 Å². The lowest BCUT2D eigenvalue weighted by Gasteiger charge is -2.35. The third kappa shape index (κ3) is 10.8. The number of nitrogens with zero attached hydrogens (tertiary/aromatic N) is 1. The van der Waals surface area contributed by atoms with Crippen LogP contribution in [0.3, 0.4) is 0 Å². The first-order valence-corrected chi connectivity index (χ1v) is 17.1. The van der Waals surface area contributed by atoms with Crippen molar-refractivity contribution in [3.05, 3.63) is 48.0 Å². The molecular formula is C36H52F3N5O6. The van der Waals surface area contributed by atoms with Gasteiger partial charge in [-0.3, -0.25) is 19.2 Å². The minimum Gasteiger partial charge on any atom is -0.383 e. The van der Waals surface area contributed by atoms with Gasteiger partial charge < -0.3 is 30.9 Å². The number of alkyl halides is 3. The summed E-state index contributed by atoms with van der Waals surface area (Å²) in [6, 6.07) is 2.77. The summed E-state index contributed by atoms with van der Waals surface area (Å²) in [5.74, 6) is -4.62. The molecular weight excluding hydrogens is 655 g/mol. The number of urea groups is 1. The summed E-state index contributed by atoms with van der Waals surface area (Å²) in [5.41, 5.74) is 1.71. The molecule has 1 saturated heterocycles. The zero-order valence-corrected chi connectivity index (χ0v) is 29.8. The maximum absolute atomic E-state index is 14.6.